The molecule has 0 aromatic heterocycles. The maximum Gasteiger partial charge on any atom is 0.0628 e. The molecular formula is C16H16Cl2. The van der Waals surface area contributed by atoms with E-state index in [2.05, 4.69) is 31.2 Å². The van der Waals surface area contributed by atoms with Gasteiger partial charge >= 0.3 is 0 Å². The predicted octanol–water partition coefficient (Wildman–Crippen LogP) is 5.48. The lowest BCUT2D eigenvalue weighted by Crippen LogP contribution is -1.98. The van der Waals surface area contributed by atoms with Crippen LogP contribution in [0.4, 0.5) is 0 Å². The minimum absolute atomic E-state index is 0.00928. The average molecular weight is 279 g/mol. The second-order valence-corrected chi connectivity index (χ2v) is 5.62. The van der Waals surface area contributed by atoms with E-state index in [1.54, 1.807) is 0 Å². The highest BCUT2D eigenvalue weighted by Gasteiger charge is 2.11. The van der Waals surface area contributed by atoms with Crippen LogP contribution in [0.15, 0.2) is 42.5 Å². The van der Waals surface area contributed by atoms with E-state index in [0.717, 1.165) is 22.6 Å². The molecule has 1 atom stereocenters. The van der Waals surface area contributed by atoms with Crippen molar-refractivity contribution in [2.75, 3.05) is 0 Å². The molecule has 0 bridgehead atoms. The summed E-state index contributed by atoms with van der Waals surface area (Å²) in [6, 6.07) is 14.4. The summed E-state index contributed by atoms with van der Waals surface area (Å²) in [5.74, 6) is 0. The Balaban J connectivity index is 2.16. The van der Waals surface area contributed by atoms with Crippen LogP contribution in [0.25, 0.3) is 0 Å². The molecule has 2 aromatic rings. The Labute approximate surface area is 119 Å². The van der Waals surface area contributed by atoms with Crippen molar-refractivity contribution in [2.24, 2.45) is 0 Å². The lowest BCUT2D eigenvalue weighted by Gasteiger charge is -2.13. The Kier molecular flexibility index (Phi) is 4.31. The number of aryl methyl sites for hydroxylation is 2. The molecule has 2 rings (SSSR count). The predicted molar refractivity (Wildman–Crippen MR) is 79.7 cm³/mol. The summed E-state index contributed by atoms with van der Waals surface area (Å²) >= 11 is 12.5. The Morgan fingerprint density at radius 1 is 1.00 bits per heavy atom. The summed E-state index contributed by atoms with van der Waals surface area (Å²) in [6.45, 7) is 4.14. The van der Waals surface area contributed by atoms with Gasteiger partial charge in [-0.15, -0.1) is 11.6 Å². The zero-order valence-electron chi connectivity index (χ0n) is 10.6. The van der Waals surface area contributed by atoms with Crippen LogP contribution < -0.4 is 0 Å². The molecule has 0 saturated carbocycles. The molecule has 0 saturated heterocycles. The second-order valence-electron chi connectivity index (χ2n) is 4.66. The van der Waals surface area contributed by atoms with Gasteiger partial charge in [-0.3, -0.25) is 0 Å². The van der Waals surface area contributed by atoms with Gasteiger partial charge in [0.15, 0.2) is 0 Å². The molecule has 2 heteroatoms. The number of hydrogen-bond donors (Lipinski definition) is 0. The van der Waals surface area contributed by atoms with E-state index < -0.39 is 0 Å². The fraction of sp³-hybridized carbons (Fsp3) is 0.250. The van der Waals surface area contributed by atoms with Crippen molar-refractivity contribution in [1.82, 2.24) is 0 Å². The third kappa shape index (κ3) is 3.28. The number of alkyl halides is 1. The molecule has 94 valence electrons. The van der Waals surface area contributed by atoms with Gasteiger partial charge in [-0.1, -0.05) is 47.5 Å². The first-order chi connectivity index (χ1) is 8.56. The summed E-state index contributed by atoms with van der Waals surface area (Å²) in [4.78, 5) is 0. The Morgan fingerprint density at radius 2 is 1.67 bits per heavy atom. The van der Waals surface area contributed by atoms with E-state index in [0.29, 0.717) is 0 Å². The largest absolute Gasteiger partial charge is 0.117 e. The molecule has 0 aliphatic rings. The first-order valence-corrected chi connectivity index (χ1v) is 6.83. The quantitative estimate of drug-likeness (QED) is 0.653. The second kappa shape index (κ2) is 5.77. The number of benzene rings is 2. The first kappa shape index (κ1) is 13.5. The third-order valence-corrected chi connectivity index (χ3v) is 3.73. The summed E-state index contributed by atoms with van der Waals surface area (Å²) in [5.41, 5.74) is 4.83. The zero-order valence-corrected chi connectivity index (χ0v) is 12.1. The molecule has 0 amide bonds. The molecule has 1 unspecified atom stereocenters. The lowest BCUT2D eigenvalue weighted by atomic mass is 9.99. The standard InChI is InChI=1S/C16H16Cl2/c1-11-3-5-13(6-4-11)10-16(18)15-8-7-14(17)9-12(15)2/h3-9,16H,10H2,1-2H3. The number of hydrogen-bond acceptors (Lipinski definition) is 0. The Hall–Kier alpha value is -0.980. The van der Waals surface area contributed by atoms with Crippen molar-refractivity contribution in [3.63, 3.8) is 0 Å². The van der Waals surface area contributed by atoms with Gasteiger partial charge in [0, 0.05) is 5.02 Å². The van der Waals surface area contributed by atoms with E-state index >= 15 is 0 Å². The van der Waals surface area contributed by atoms with Gasteiger partial charge in [-0.25, -0.2) is 0 Å². The van der Waals surface area contributed by atoms with Gasteiger partial charge in [0.2, 0.25) is 0 Å². The molecule has 0 nitrogen and oxygen atoms in total. The summed E-state index contributed by atoms with van der Waals surface area (Å²) < 4.78 is 0. The summed E-state index contributed by atoms with van der Waals surface area (Å²) in [5, 5.41) is 0.750. The first-order valence-electron chi connectivity index (χ1n) is 6.02. The molecule has 0 N–H and O–H groups in total. The molecule has 0 heterocycles. The van der Waals surface area contributed by atoms with Gasteiger partial charge in [0.25, 0.3) is 0 Å². The molecule has 0 fully saturated rings. The minimum Gasteiger partial charge on any atom is -0.117 e. The van der Waals surface area contributed by atoms with Gasteiger partial charge in [-0.05, 0) is 49.1 Å². The van der Waals surface area contributed by atoms with Crippen LogP contribution in [-0.4, -0.2) is 0 Å². The van der Waals surface area contributed by atoms with E-state index in [4.69, 9.17) is 23.2 Å². The van der Waals surface area contributed by atoms with Crippen molar-refractivity contribution < 1.29 is 0 Å². The molecule has 2 aromatic carbocycles. The molecule has 0 spiro atoms. The fourth-order valence-electron chi connectivity index (χ4n) is 2.03. The smallest absolute Gasteiger partial charge is 0.0628 e. The Morgan fingerprint density at radius 3 is 2.28 bits per heavy atom. The van der Waals surface area contributed by atoms with Crippen LogP contribution in [0.5, 0.6) is 0 Å². The number of rotatable bonds is 3. The van der Waals surface area contributed by atoms with Gasteiger partial charge in [0.1, 0.15) is 0 Å². The van der Waals surface area contributed by atoms with Crippen molar-refractivity contribution in [1.29, 1.82) is 0 Å². The van der Waals surface area contributed by atoms with E-state index in [9.17, 15) is 0 Å². The topological polar surface area (TPSA) is 0 Å². The zero-order chi connectivity index (χ0) is 13.1. The molecule has 0 aliphatic carbocycles. The van der Waals surface area contributed by atoms with Crippen molar-refractivity contribution in [3.8, 4) is 0 Å². The van der Waals surface area contributed by atoms with Gasteiger partial charge < -0.3 is 0 Å². The van der Waals surface area contributed by atoms with Crippen LogP contribution in [0.1, 0.15) is 27.6 Å². The molecule has 0 aliphatic heterocycles. The fourth-order valence-corrected chi connectivity index (χ4v) is 2.68. The maximum absolute atomic E-state index is 6.50. The highest BCUT2D eigenvalue weighted by atomic mass is 35.5. The van der Waals surface area contributed by atoms with E-state index in [1.807, 2.05) is 25.1 Å². The monoisotopic (exact) mass is 278 g/mol. The average Bonchev–Trinajstić information content (AvgIpc) is 2.32. The SMILES string of the molecule is Cc1ccc(CC(Cl)c2ccc(Cl)cc2C)cc1. The molecular weight excluding hydrogens is 263 g/mol. The van der Waals surface area contributed by atoms with Crippen molar-refractivity contribution in [2.45, 2.75) is 25.6 Å². The van der Waals surface area contributed by atoms with E-state index in [1.165, 1.54) is 11.1 Å². The maximum atomic E-state index is 6.50. The van der Waals surface area contributed by atoms with Crippen LogP contribution in [0.3, 0.4) is 0 Å². The summed E-state index contributed by atoms with van der Waals surface area (Å²) in [7, 11) is 0. The van der Waals surface area contributed by atoms with Crippen molar-refractivity contribution in [3.05, 3.63) is 69.7 Å². The highest BCUT2D eigenvalue weighted by Crippen LogP contribution is 2.29. The molecule has 0 radical (unpaired) electrons. The summed E-state index contributed by atoms with van der Waals surface area (Å²) in [6.07, 6.45) is 0.838. The van der Waals surface area contributed by atoms with Gasteiger partial charge in [-0.2, -0.15) is 0 Å². The Bertz CT molecular complexity index is 529. The van der Waals surface area contributed by atoms with Crippen LogP contribution in [0, 0.1) is 13.8 Å². The lowest BCUT2D eigenvalue weighted by molar-refractivity contribution is 0.909. The minimum atomic E-state index is -0.00928. The third-order valence-electron chi connectivity index (χ3n) is 3.10. The van der Waals surface area contributed by atoms with Crippen molar-refractivity contribution >= 4 is 23.2 Å². The van der Waals surface area contributed by atoms with E-state index in [-0.39, 0.29) is 5.38 Å². The van der Waals surface area contributed by atoms with Gasteiger partial charge in [0.05, 0.1) is 5.38 Å². The molecule has 18 heavy (non-hydrogen) atoms. The van der Waals surface area contributed by atoms with Crippen LogP contribution >= 0.6 is 23.2 Å². The van der Waals surface area contributed by atoms with Crippen LogP contribution in [0.2, 0.25) is 5.02 Å². The van der Waals surface area contributed by atoms with Crippen LogP contribution in [-0.2, 0) is 6.42 Å². The highest BCUT2D eigenvalue weighted by molar-refractivity contribution is 6.30. The number of halogens is 2. The normalized spacial score (nSPS) is 12.4.